The fraction of sp³-hybridized carbons (Fsp3) is 0.0769. The van der Waals surface area contributed by atoms with Crippen LogP contribution in [0.4, 0.5) is 10.1 Å². The van der Waals surface area contributed by atoms with Gasteiger partial charge >= 0.3 is 0 Å². The summed E-state index contributed by atoms with van der Waals surface area (Å²) in [6, 6.07) is 8.66. The van der Waals surface area contributed by atoms with E-state index in [4.69, 9.17) is 23.2 Å². The molecule has 2 aromatic rings. The maximum absolute atomic E-state index is 13.1. The minimum Gasteiger partial charge on any atom is -0.311 e. The van der Waals surface area contributed by atoms with Crippen molar-refractivity contribution in [1.29, 1.82) is 0 Å². The average Bonchev–Trinajstić information content (AvgIpc) is 2.37. The van der Waals surface area contributed by atoms with E-state index < -0.39 is 5.82 Å². The molecule has 0 bridgehead atoms. The topological polar surface area (TPSA) is 33.2 Å². The van der Waals surface area contributed by atoms with Crippen molar-refractivity contribution < 1.29 is 9.18 Å². The van der Waals surface area contributed by atoms with Crippen molar-refractivity contribution in [3.05, 3.63) is 58.1 Å². The summed E-state index contributed by atoms with van der Waals surface area (Å²) < 4.78 is 13.1. The van der Waals surface area contributed by atoms with E-state index in [2.05, 4.69) is 4.98 Å². The normalized spacial score (nSPS) is 10.3. The summed E-state index contributed by atoms with van der Waals surface area (Å²) in [5.74, 6) is -0.808. The molecule has 1 amide bonds. The summed E-state index contributed by atoms with van der Waals surface area (Å²) in [4.78, 5) is 17.3. The third-order valence-corrected chi connectivity index (χ3v) is 3.04. The van der Waals surface area contributed by atoms with E-state index in [9.17, 15) is 9.18 Å². The molecule has 1 heterocycles. The standard InChI is InChI=1S/C13H9Cl2FN2O/c1-18(9-4-2-3-8(16)7-9)13(19)10-5-6-11(14)17-12(10)15/h2-7H,1H3. The van der Waals surface area contributed by atoms with Gasteiger partial charge in [-0.25, -0.2) is 9.37 Å². The number of aromatic nitrogens is 1. The van der Waals surface area contributed by atoms with Crippen LogP contribution >= 0.6 is 23.2 Å². The second-order valence-electron chi connectivity index (χ2n) is 3.82. The lowest BCUT2D eigenvalue weighted by atomic mass is 10.2. The van der Waals surface area contributed by atoms with Crippen molar-refractivity contribution in [2.45, 2.75) is 0 Å². The number of anilines is 1. The number of hydrogen-bond acceptors (Lipinski definition) is 2. The van der Waals surface area contributed by atoms with E-state index in [1.807, 2.05) is 0 Å². The Morgan fingerprint density at radius 3 is 2.63 bits per heavy atom. The summed E-state index contributed by atoms with van der Waals surface area (Å²) in [5, 5.41) is 0.218. The lowest BCUT2D eigenvalue weighted by Gasteiger charge is -2.17. The minimum absolute atomic E-state index is 0.0146. The number of hydrogen-bond donors (Lipinski definition) is 0. The molecule has 1 aromatic heterocycles. The minimum atomic E-state index is -0.419. The first-order valence-corrected chi connectivity index (χ1v) is 6.10. The second-order valence-corrected chi connectivity index (χ2v) is 4.56. The van der Waals surface area contributed by atoms with Crippen LogP contribution in [0.1, 0.15) is 10.4 Å². The van der Waals surface area contributed by atoms with Crippen LogP contribution in [-0.2, 0) is 0 Å². The highest BCUT2D eigenvalue weighted by molar-refractivity contribution is 6.35. The van der Waals surface area contributed by atoms with Crippen LogP contribution in [0.2, 0.25) is 10.3 Å². The monoisotopic (exact) mass is 298 g/mol. The summed E-state index contributed by atoms with van der Waals surface area (Å²) >= 11 is 11.5. The van der Waals surface area contributed by atoms with Gasteiger partial charge in [-0.1, -0.05) is 29.3 Å². The average molecular weight is 299 g/mol. The molecular formula is C13H9Cl2FN2O. The van der Waals surface area contributed by atoms with Crippen LogP contribution in [0, 0.1) is 5.82 Å². The number of carbonyl (C=O) groups excluding carboxylic acids is 1. The number of nitrogens with zero attached hydrogens (tertiary/aromatic N) is 2. The first-order chi connectivity index (χ1) is 8.99. The third kappa shape index (κ3) is 3.03. The Morgan fingerprint density at radius 2 is 2.00 bits per heavy atom. The highest BCUT2D eigenvalue weighted by atomic mass is 35.5. The van der Waals surface area contributed by atoms with Crippen LogP contribution in [0.25, 0.3) is 0 Å². The van der Waals surface area contributed by atoms with Crippen molar-refractivity contribution in [2.75, 3.05) is 11.9 Å². The molecule has 0 atom stereocenters. The van der Waals surface area contributed by atoms with Crippen molar-refractivity contribution in [2.24, 2.45) is 0 Å². The predicted octanol–water partition coefficient (Wildman–Crippen LogP) is 3.80. The van der Waals surface area contributed by atoms with E-state index in [1.165, 1.54) is 42.3 Å². The van der Waals surface area contributed by atoms with Crippen LogP contribution < -0.4 is 4.90 Å². The zero-order valence-electron chi connectivity index (χ0n) is 9.90. The van der Waals surface area contributed by atoms with Gasteiger partial charge in [-0.05, 0) is 30.3 Å². The number of halogens is 3. The van der Waals surface area contributed by atoms with Gasteiger partial charge in [0.2, 0.25) is 0 Å². The highest BCUT2D eigenvalue weighted by Crippen LogP contribution is 2.21. The van der Waals surface area contributed by atoms with Gasteiger partial charge in [0.1, 0.15) is 16.1 Å². The third-order valence-electron chi connectivity index (χ3n) is 2.55. The number of carbonyl (C=O) groups is 1. The SMILES string of the molecule is CN(C(=O)c1ccc(Cl)nc1Cl)c1cccc(F)c1. The van der Waals surface area contributed by atoms with Crippen LogP contribution in [-0.4, -0.2) is 17.9 Å². The van der Waals surface area contributed by atoms with E-state index in [0.29, 0.717) is 5.69 Å². The molecule has 0 aliphatic heterocycles. The molecule has 0 unspecified atom stereocenters. The number of benzene rings is 1. The Hall–Kier alpha value is -1.65. The van der Waals surface area contributed by atoms with Gasteiger partial charge < -0.3 is 4.90 Å². The molecule has 98 valence electrons. The quantitative estimate of drug-likeness (QED) is 0.790. The van der Waals surface area contributed by atoms with E-state index >= 15 is 0 Å². The van der Waals surface area contributed by atoms with Gasteiger partial charge in [0.25, 0.3) is 5.91 Å². The molecule has 3 nitrogen and oxygen atoms in total. The Morgan fingerprint density at radius 1 is 1.26 bits per heavy atom. The van der Waals surface area contributed by atoms with E-state index in [0.717, 1.165) is 0 Å². The highest BCUT2D eigenvalue weighted by Gasteiger charge is 2.17. The number of amides is 1. The van der Waals surface area contributed by atoms with Gasteiger partial charge in [-0.15, -0.1) is 0 Å². The maximum Gasteiger partial charge on any atom is 0.261 e. The summed E-state index contributed by atoms with van der Waals surface area (Å²) in [6.07, 6.45) is 0. The molecule has 0 radical (unpaired) electrons. The number of rotatable bonds is 2. The summed E-state index contributed by atoms with van der Waals surface area (Å²) in [5.41, 5.74) is 0.633. The van der Waals surface area contributed by atoms with Crippen molar-refractivity contribution >= 4 is 34.8 Å². The zero-order valence-corrected chi connectivity index (χ0v) is 11.4. The molecule has 0 saturated carbocycles. The fourth-order valence-electron chi connectivity index (χ4n) is 1.55. The first kappa shape index (κ1) is 13.8. The number of pyridine rings is 1. The molecule has 0 saturated heterocycles. The molecule has 19 heavy (non-hydrogen) atoms. The smallest absolute Gasteiger partial charge is 0.261 e. The molecule has 0 aliphatic rings. The van der Waals surface area contributed by atoms with E-state index in [-0.39, 0.29) is 21.8 Å². The van der Waals surface area contributed by atoms with Gasteiger partial charge in [-0.3, -0.25) is 4.79 Å². The van der Waals surface area contributed by atoms with Crippen LogP contribution in [0.15, 0.2) is 36.4 Å². The molecule has 0 N–H and O–H groups in total. The van der Waals surface area contributed by atoms with Crippen molar-refractivity contribution in [1.82, 2.24) is 4.98 Å². The van der Waals surface area contributed by atoms with Gasteiger partial charge in [-0.2, -0.15) is 0 Å². The Kier molecular flexibility index (Phi) is 4.02. The van der Waals surface area contributed by atoms with E-state index in [1.54, 1.807) is 6.07 Å². The van der Waals surface area contributed by atoms with Crippen molar-refractivity contribution in [3.8, 4) is 0 Å². The van der Waals surface area contributed by atoms with Gasteiger partial charge in [0, 0.05) is 12.7 Å². The Labute approximate surface area is 119 Å². The fourth-order valence-corrected chi connectivity index (χ4v) is 1.98. The van der Waals surface area contributed by atoms with Crippen LogP contribution in [0.5, 0.6) is 0 Å². The molecule has 0 fully saturated rings. The van der Waals surface area contributed by atoms with Gasteiger partial charge in [0.15, 0.2) is 0 Å². The lowest BCUT2D eigenvalue weighted by Crippen LogP contribution is -2.26. The largest absolute Gasteiger partial charge is 0.311 e. The summed E-state index contributed by atoms with van der Waals surface area (Å²) in [6.45, 7) is 0. The lowest BCUT2D eigenvalue weighted by molar-refractivity contribution is 0.0993. The Bertz CT molecular complexity index is 634. The molecule has 2 rings (SSSR count). The predicted molar refractivity (Wildman–Crippen MR) is 73.4 cm³/mol. The first-order valence-electron chi connectivity index (χ1n) is 5.34. The maximum atomic E-state index is 13.1. The molecular weight excluding hydrogens is 290 g/mol. The molecule has 6 heteroatoms. The Balaban J connectivity index is 2.33. The molecule has 1 aromatic carbocycles. The van der Waals surface area contributed by atoms with Crippen LogP contribution in [0.3, 0.4) is 0 Å². The zero-order chi connectivity index (χ0) is 14.0. The molecule has 0 aliphatic carbocycles. The van der Waals surface area contributed by atoms with Crippen molar-refractivity contribution in [3.63, 3.8) is 0 Å². The molecule has 0 spiro atoms. The van der Waals surface area contributed by atoms with Gasteiger partial charge in [0.05, 0.1) is 5.56 Å². The summed E-state index contributed by atoms with van der Waals surface area (Å²) in [7, 11) is 1.53. The second kappa shape index (κ2) is 5.55.